The van der Waals surface area contributed by atoms with Crippen molar-refractivity contribution in [2.75, 3.05) is 5.73 Å². The number of rotatable bonds is 5. The Bertz CT molecular complexity index is 1390. The van der Waals surface area contributed by atoms with Gasteiger partial charge in [0.2, 0.25) is 5.95 Å². The molecule has 0 saturated heterocycles. The number of carbonyl (C=O) groups is 1. The highest BCUT2D eigenvalue weighted by Gasteiger charge is 2.26. The van der Waals surface area contributed by atoms with Gasteiger partial charge in [-0.1, -0.05) is 19.1 Å². The minimum Gasteiger partial charge on any atom is -0.478 e. The van der Waals surface area contributed by atoms with Gasteiger partial charge in [-0.25, -0.2) is 14.6 Å². The van der Waals surface area contributed by atoms with Gasteiger partial charge in [0.05, 0.1) is 28.5 Å². The number of benzene rings is 1. The van der Waals surface area contributed by atoms with Crippen LogP contribution >= 0.6 is 11.3 Å². The van der Waals surface area contributed by atoms with E-state index in [1.54, 1.807) is 4.57 Å². The quantitative estimate of drug-likeness (QED) is 0.514. The molecule has 9 nitrogen and oxygen atoms in total. The fourth-order valence-electron chi connectivity index (χ4n) is 3.54. The van der Waals surface area contributed by atoms with Crippen molar-refractivity contribution >= 4 is 44.5 Å². The number of para-hydroxylation sites is 2. The van der Waals surface area contributed by atoms with Crippen LogP contribution in [0.3, 0.4) is 0 Å². The summed E-state index contributed by atoms with van der Waals surface area (Å²) in [6.45, 7) is 2.43. The van der Waals surface area contributed by atoms with Crippen molar-refractivity contribution in [3.63, 3.8) is 0 Å². The lowest BCUT2D eigenvalue weighted by atomic mass is 10.2. The zero-order valence-corrected chi connectivity index (χ0v) is 16.7. The van der Waals surface area contributed by atoms with Crippen molar-refractivity contribution in [2.45, 2.75) is 26.4 Å². The topological polar surface area (TPSA) is 125 Å². The zero-order valence-electron chi connectivity index (χ0n) is 15.9. The summed E-state index contributed by atoms with van der Waals surface area (Å²) in [5.41, 5.74) is 6.37. The molecule has 0 radical (unpaired) electrons. The number of nitrogens with two attached hydrogens (primary N) is 1. The molecule has 4 rings (SSSR count). The second-order valence-corrected chi connectivity index (χ2v) is 7.81. The van der Waals surface area contributed by atoms with E-state index in [9.17, 15) is 19.5 Å². The van der Waals surface area contributed by atoms with Crippen LogP contribution in [0, 0.1) is 0 Å². The van der Waals surface area contributed by atoms with Gasteiger partial charge < -0.3 is 15.4 Å². The Morgan fingerprint density at radius 2 is 1.97 bits per heavy atom. The Labute approximate surface area is 168 Å². The van der Waals surface area contributed by atoms with E-state index in [4.69, 9.17) is 5.73 Å². The molecule has 0 amide bonds. The number of aryl methyl sites for hydroxylation is 1. The first-order chi connectivity index (χ1) is 13.8. The number of hydrogen-bond donors (Lipinski definition) is 2. The average Bonchev–Trinajstić information content (AvgIpc) is 3.22. The summed E-state index contributed by atoms with van der Waals surface area (Å²) in [4.78, 5) is 42.6. The number of nitrogen functional groups attached to an aromatic ring is 1. The van der Waals surface area contributed by atoms with Crippen LogP contribution < -0.4 is 17.0 Å². The maximum Gasteiger partial charge on any atom is 0.337 e. The number of aromatic carboxylic acids is 1. The Hall–Kier alpha value is -3.40. The van der Waals surface area contributed by atoms with Crippen LogP contribution in [0.4, 0.5) is 5.95 Å². The number of anilines is 1. The summed E-state index contributed by atoms with van der Waals surface area (Å²) in [6, 6.07) is 7.35. The van der Waals surface area contributed by atoms with Crippen molar-refractivity contribution in [1.29, 1.82) is 0 Å². The van der Waals surface area contributed by atoms with Gasteiger partial charge in [-0.05, 0) is 18.6 Å². The lowest BCUT2D eigenvalue weighted by Crippen LogP contribution is -2.38. The molecule has 29 heavy (non-hydrogen) atoms. The largest absolute Gasteiger partial charge is 0.478 e. The molecule has 0 fully saturated rings. The molecule has 0 atom stereocenters. The maximum atomic E-state index is 12.8. The van der Waals surface area contributed by atoms with E-state index in [1.807, 2.05) is 31.2 Å². The summed E-state index contributed by atoms with van der Waals surface area (Å²) in [5.74, 6) is -0.966. The van der Waals surface area contributed by atoms with Crippen LogP contribution in [-0.4, -0.2) is 29.8 Å². The van der Waals surface area contributed by atoms with Crippen LogP contribution in [-0.2, 0) is 20.1 Å². The molecule has 0 bridgehead atoms. The van der Waals surface area contributed by atoms with Gasteiger partial charge in [-0.3, -0.25) is 13.9 Å². The Morgan fingerprint density at radius 3 is 2.66 bits per heavy atom. The van der Waals surface area contributed by atoms with Crippen LogP contribution in [0.2, 0.25) is 0 Å². The third-order valence-electron chi connectivity index (χ3n) is 4.89. The van der Waals surface area contributed by atoms with E-state index >= 15 is 0 Å². The summed E-state index contributed by atoms with van der Waals surface area (Å²) in [7, 11) is 1.36. The summed E-state index contributed by atoms with van der Waals surface area (Å²) < 4.78 is 4.13. The van der Waals surface area contributed by atoms with Gasteiger partial charge in [-0.15, -0.1) is 11.3 Å². The van der Waals surface area contributed by atoms with Gasteiger partial charge in [-0.2, -0.15) is 0 Å². The van der Waals surface area contributed by atoms with E-state index < -0.39 is 17.2 Å². The highest BCUT2D eigenvalue weighted by molar-refractivity contribution is 7.19. The van der Waals surface area contributed by atoms with Crippen molar-refractivity contribution in [3.05, 3.63) is 55.5 Å². The molecule has 0 spiro atoms. The fourth-order valence-corrected chi connectivity index (χ4v) is 4.83. The number of fused-ring (bicyclic) bond motifs is 2. The van der Waals surface area contributed by atoms with E-state index in [1.165, 1.54) is 11.6 Å². The summed E-state index contributed by atoms with van der Waals surface area (Å²) in [5, 5.41) is 9.94. The minimum atomic E-state index is -1.21. The molecule has 0 aliphatic heterocycles. The van der Waals surface area contributed by atoms with Crippen molar-refractivity contribution in [1.82, 2.24) is 18.7 Å². The van der Waals surface area contributed by atoms with Crippen LogP contribution in [0.15, 0.2) is 33.9 Å². The molecule has 3 heterocycles. The van der Waals surface area contributed by atoms with E-state index in [0.717, 1.165) is 21.4 Å². The average molecular weight is 413 g/mol. The molecule has 0 unspecified atom stereocenters. The predicted molar refractivity (Wildman–Crippen MR) is 112 cm³/mol. The number of carboxylic acids is 1. The van der Waals surface area contributed by atoms with Crippen LogP contribution in [0.5, 0.6) is 0 Å². The number of thiophene rings is 1. The SMILES string of the molecule is CCCn1c(=O)n(C)c(=O)c2c(C(=O)O)c(Cn3c(N)nc4ccccc43)sc21. The molecule has 0 aliphatic carbocycles. The molecule has 1 aromatic carbocycles. The van der Waals surface area contributed by atoms with Gasteiger partial charge in [0.15, 0.2) is 0 Å². The van der Waals surface area contributed by atoms with Gasteiger partial charge in [0.1, 0.15) is 4.83 Å². The lowest BCUT2D eigenvalue weighted by Gasteiger charge is -2.07. The van der Waals surface area contributed by atoms with E-state index in [2.05, 4.69) is 4.98 Å². The van der Waals surface area contributed by atoms with Crippen molar-refractivity contribution in [2.24, 2.45) is 7.05 Å². The standard InChI is InChI=1S/C19H19N5O4S/c1-3-8-23-16-14(15(25)22(2)19(23)28)13(17(26)27)12(29-16)9-24-11-7-5-4-6-10(11)21-18(24)20/h4-7H,3,8-9H2,1-2H3,(H2,20,21)(H,26,27). The monoisotopic (exact) mass is 413 g/mol. The summed E-state index contributed by atoms with van der Waals surface area (Å²) >= 11 is 1.14. The predicted octanol–water partition coefficient (Wildman–Crippen LogP) is 1.85. The molecular weight excluding hydrogens is 394 g/mol. The minimum absolute atomic E-state index is 0.0519. The first-order valence-corrected chi connectivity index (χ1v) is 9.86. The van der Waals surface area contributed by atoms with Crippen molar-refractivity contribution in [3.8, 4) is 0 Å². The molecule has 0 saturated carbocycles. The Balaban J connectivity index is 2.03. The number of hydrogen-bond acceptors (Lipinski definition) is 6. The Kier molecular flexibility index (Phi) is 4.50. The second kappa shape index (κ2) is 6.89. The van der Waals surface area contributed by atoms with Gasteiger partial charge in [0, 0.05) is 18.5 Å². The lowest BCUT2D eigenvalue weighted by molar-refractivity contribution is 0.0698. The highest BCUT2D eigenvalue weighted by atomic mass is 32.1. The third kappa shape index (κ3) is 2.83. The normalized spacial score (nSPS) is 11.5. The molecule has 0 aliphatic rings. The molecule has 150 valence electrons. The smallest absolute Gasteiger partial charge is 0.337 e. The third-order valence-corrected chi connectivity index (χ3v) is 6.09. The molecule has 10 heteroatoms. The first kappa shape index (κ1) is 18.9. The summed E-state index contributed by atoms with van der Waals surface area (Å²) in [6.07, 6.45) is 0.669. The molecule has 4 aromatic rings. The second-order valence-electron chi connectivity index (χ2n) is 6.73. The van der Waals surface area contributed by atoms with Crippen LogP contribution in [0.1, 0.15) is 28.6 Å². The first-order valence-electron chi connectivity index (χ1n) is 9.04. The van der Waals surface area contributed by atoms with Gasteiger partial charge >= 0.3 is 11.7 Å². The highest BCUT2D eigenvalue weighted by Crippen LogP contribution is 2.31. The molecule has 3 N–H and O–H groups in total. The van der Waals surface area contributed by atoms with Crippen molar-refractivity contribution < 1.29 is 9.90 Å². The maximum absolute atomic E-state index is 12.8. The zero-order chi connectivity index (χ0) is 20.9. The Morgan fingerprint density at radius 1 is 1.24 bits per heavy atom. The molecular formula is C19H19N5O4S. The van der Waals surface area contributed by atoms with Gasteiger partial charge in [0.25, 0.3) is 5.56 Å². The number of aromatic nitrogens is 4. The van der Waals surface area contributed by atoms with Crippen LogP contribution in [0.25, 0.3) is 21.3 Å². The number of carboxylic acid groups (broad SMARTS) is 1. The van der Waals surface area contributed by atoms with E-state index in [-0.39, 0.29) is 23.4 Å². The number of nitrogens with zero attached hydrogens (tertiary/aromatic N) is 4. The number of imidazole rings is 1. The fraction of sp³-hybridized carbons (Fsp3) is 0.263. The molecule has 3 aromatic heterocycles. The van der Waals surface area contributed by atoms with E-state index in [0.29, 0.717) is 28.2 Å².